The number of aromatic nitrogens is 1. The Labute approximate surface area is 122 Å². The average Bonchev–Trinajstić information content (AvgIpc) is 2.96. The molecule has 0 saturated carbocycles. The van der Waals surface area contributed by atoms with Crippen LogP contribution in [0.15, 0.2) is 18.3 Å². The zero-order valence-electron chi connectivity index (χ0n) is 12.8. The van der Waals surface area contributed by atoms with Crippen LogP contribution in [0.1, 0.15) is 31.4 Å². The smallest absolute Gasteiger partial charge is 0.133 e. The highest BCUT2D eigenvalue weighted by molar-refractivity contribution is 5.49. The molecule has 2 saturated heterocycles. The van der Waals surface area contributed by atoms with Crippen LogP contribution in [0.2, 0.25) is 0 Å². The van der Waals surface area contributed by atoms with Crippen LogP contribution in [0.5, 0.6) is 0 Å². The zero-order chi connectivity index (χ0) is 13.9. The van der Waals surface area contributed by atoms with E-state index in [0.717, 1.165) is 32.7 Å². The van der Waals surface area contributed by atoms with Gasteiger partial charge in [0.25, 0.3) is 0 Å². The van der Waals surface area contributed by atoms with Crippen molar-refractivity contribution in [1.29, 1.82) is 0 Å². The summed E-state index contributed by atoms with van der Waals surface area (Å²) in [5.74, 6) is 1.23. The number of hydrogen-bond donors (Lipinski definition) is 0. The second-order valence-electron chi connectivity index (χ2n) is 5.99. The summed E-state index contributed by atoms with van der Waals surface area (Å²) >= 11 is 0. The Morgan fingerprint density at radius 1 is 1.20 bits per heavy atom. The summed E-state index contributed by atoms with van der Waals surface area (Å²) in [6, 6.07) is 4.96. The minimum absolute atomic E-state index is 0.573. The highest BCUT2D eigenvalue weighted by Crippen LogP contribution is 2.36. The van der Waals surface area contributed by atoms with E-state index >= 15 is 0 Å². The molecule has 4 nitrogen and oxygen atoms in total. The van der Waals surface area contributed by atoms with Crippen molar-refractivity contribution < 1.29 is 0 Å². The number of nitrogens with zero attached hydrogens (tertiary/aromatic N) is 4. The number of hydrogen-bond acceptors (Lipinski definition) is 4. The quantitative estimate of drug-likeness (QED) is 0.840. The second-order valence-corrected chi connectivity index (χ2v) is 5.99. The fraction of sp³-hybridized carbons (Fsp3) is 0.688. The van der Waals surface area contributed by atoms with Gasteiger partial charge in [0.15, 0.2) is 0 Å². The highest BCUT2D eigenvalue weighted by atomic mass is 15.3. The number of likely N-dealkylation sites (N-methyl/N-ethyl adjacent to an activating group) is 1. The molecule has 2 aliphatic heterocycles. The van der Waals surface area contributed by atoms with Gasteiger partial charge < -0.3 is 9.80 Å². The third-order valence-corrected chi connectivity index (χ3v) is 4.75. The Bertz CT molecular complexity index is 440. The normalized spacial score (nSPS) is 25.3. The molecule has 0 radical (unpaired) electrons. The summed E-state index contributed by atoms with van der Waals surface area (Å²) in [5.41, 5.74) is 1.44. The van der Waals surface area contributed by atoms with Crippen molar-refractivity contribution in [2.24, 2.45) is 0 Å². The maximum Gasteiger partial charge on any atom is 0.133 e. The van der Waals surface area contributed by atoms with Crippen molar-refractivity contribution in [2.45, 2.75) is 25.8 Å². The molecule has 1 aromatic rings. The summed E-state index contributed by atoms with van der Waals surface area (Å²) in [6.07, 6.45) is 4.54. The lowest BCUT2D eigenvalue weighted by atomic mass is 10.0. The molecule has 2 fully saturated rings. The first-order valence-electron chi connectivity index (χ1n) is 7.92. The van der Waals surface area contributed by atoms with E-state index in [4.69, 9.17) is 4.98 Å². The van der Waals surface area contributed by atoms with E-state index < -0.39 is 0 Å². The number of pyridine rings is 1. The first-order valence-corrected chi connectivity index (χ1v) is 7.92. The van der Waals surface area contributed by atoms with E-state index in [1.54, 1.807) is 0 Å². The van der Waals surface area contributed by atoms with Crippen LogP contribution in [0.3, 0.4) is 0 Å². The third-order valence-electron chi connectivity index (χ3n) is 4.75. The lowest BCUT2D eigenvalue weighted by Gasteiger charge is -2.35. The number of anilines is 1. The van der Waals surface area contributed by atoms with Gasteiger partial charge in [0.1, 0.15) is 5.82 Å². The van der Waals surface area contributed by atoms with Crippen molar-refractivity contribution in [3.05, 3.63) is 23.9 Å². The lowest BCUT2D eigenvalue weighted by molar-refractivity contribution is 0.270. The van der Waals surface area contributed by atoms with Crippen LogP contribution in [0.25, 0.3) is 0 Å². The van der Waals surface area contributed by atoms with Crippen molar-refractivity contribution in [2.75, 3.05) is 51.2 Å². The van der Waals surface area contributed by atoms with E-state index in [1.807, 2.05) is 6.20 Å². The molecule has 0 amide bonds. The first-order chi connectivity index (χ1) is 9.79. The molecule has 3 heterocycles. The molecule has 0 aliphatic carbocycles. The average molecular weight is 274 g/mol. The van der Waals surface area contributed by atoms with Crippen LogP contribution in [0.4, 0.5) is 5.82 Å². The van der Waals surface area contributed by atoms with Crippen LogP contribution >= 0.6 is 0 Å². The summed E-state index contributed by atoms with van der Waals surface area (Å²) in [4.78, 5) is 12.2. The Balaban J connectivity index is 1.84. The maximum absolute atomic E-state index is 4.72. The SMILES string of the molecule is CCN1CCCC1c1cccnc1N1CCN(C)CC1. The molecule has 3 rings (SSSR count). The molecular formula is C16H26N4. The van der Waals surface area contributed by atoms with Gasteiger partial charge in [-0.05, 0) is 39.0 Å². The molecule has 110 valence electrons. The van der Waals surface area contributed by atoms with Gasteiger partial charge in [-0.3, -0.25) is 4.90 Å². The Morgan fingerprint density at radius 3 is 2.75 bits per heavy atom. The van der Waals surface area contributed by atoms with E-state index in [1.165, 1.54) is 30.8 Å². The van der Waals surface area contributed by atoms with Crippen LogP contribution in [0, 0.1) is 0 Å². The van der Waals surface area contributed by atoms with Crippen LogP contribution < -0.4 is 4.90 Å². The van der Waals surface area contributed by atoms with E-state index in [0.29, 0.717) is 6.04 Å². The fourth-order valence-corrected chi connectivity index (χ4v) is 3.51. The van der Waals surface area contributed by atoms with Gasteiger partial charge in [-0.2, -0.15) is 0 Å². The number of likely N-dealkylation sites (tertiary alicyclic amines) is 1. The fourth-order valence-electron chi connectivity index (χ4n) is 3.51. The first kappa shape index (κ1) is 13.8. The predicted molar refractivity (Wildman–Crippen MR) is 83.2 cm³/mol. The van der Waals surface area contributed by atoms with Crippen molar-refractivity contribution in [1.82, 2.24) is 14.8 Å². The molecule has 20 heavy (non-hydrogen) atoms. The van der Waals surface area contributed by atoms with Crippen molar-refractivity contribution >= 4 is 5.82 Å². The van der Waals surface area contributed by atoms with E-state index in [-0.39, 0.29) is 0 Å². The van der Waals surface area contributed by atoms with E-state index in [9.17, 15) is 0 Å². The van der Waals surface area contributed by atoms with Gasteiger partial charge in [0.2, 0.25) is 0 Å². The molecule has 0 spiro atoms. The lowest BCUT2D eigenvalue weighted by Crippen LogP contribution is -2.45. The molecule has 0 aromatic carbocycles. The van der Waals surface area contributed by atoms with Gasteiger partial charge in [-0.1, -0.05) is 13.0 Å². The van der Waals surface area contributed by atoms with Crippen molar-refractivity contribution in [3.63, 3.8) is 0 Å². The molecular weight excluding hydrogens is 248 g/mol. The second kappa shape index (κ2) is 6.10. The molecule has 4 heteroatoms. The topological polar surface area (TPSA) is 22.6 Å². The third kappa shape index (κ3) is 2.67. The standard InChI is InChI=1S/C16H26N4/c1-3-19-9-5-7-15(19)14-6-4-8-17-16(14)20-12-10-18(2)11-13-20/h4,6,8,15H,3,5,7,9-13H2,1-2H3. The molecule has 1 aromatic heterocycles. The predicted octanol–water partition coefficient (Wildman–Crippen LogP) is 1.99. The molecule has 0 N–H and O–H groups in total. The molecule has 0 bridgehead atoms. The minimum Gasteiger partial charge on any atom is -0.354 e. The van der Waals surface area contributed by atoms with Gasteiger partial charge in [0, 0.05) is 44.0 Å². The summed E-state index contributed by atoms with van der Waals surface area (Å²) in [5, 5.41) is 0. The van der Waals surface area contributed by atoms with Gasteiger partial charge in [-0.25, -0.2) is 4.98 Å². The Hall–Kier alpha value is -1.13. The number of rotatable bonds is 3. The minimum atomic E-state index is 0.573. The van der Waals surface area contributed by atoms with Gasteiger partial charge >= 0.3 is 0 Å². The monoisotopic (exact) mass is 274 g/mol. The maximum atomic E-state index is 4.72. The largest absolute Gasteiger partial charge is 0.354 e. The van der Waals surface area contributed by atoms with Crippen molar-refractivity contribution in [3.8, 4) is 0 Å². The zero-order valence-corrected chi connectivity index (χ0v) is 12.8. The molecule has 1 atom stereocenters. The Kier molecular flexibility index (Phi) is 4.22. The summed E-state index contributed by atoms with van der Waals surface area (Å²) in [7, 11) is 2.20. The Morgan fingerprint density at radius 2 is 2.00 bits per heavy atom. The van der Waals surface area contributed by atoms with Crippen LogP contribution in [-0.4, -0.2) is 61.1 Å². The summed E-state index contributed by atoms with van der Waals surface area (Å²) < 4.78 is 0. The van der Waals surface area contributed by atoms with Gasteiger partial charge in [-0.15, -0.1) is 0 Å². The van der Waals surface area contributed by atoms with E-state index in [2.05, 4.69) is 40.8 Å². The van der Waals surface area contributed by atoms with Crippen LogP contribution in [-0.2, 0) is 0 Å². The van der Waals surface area contributed by atoms with Gasteiger partial charge in [0.05, 0.1) is 0 Å². The highest BCUT2D eigenvalue weighted by Gasteiger charge is 2.29. The molecule has 1 unspecified atom stereocenters. The molecule has 2 aliphatic rings. The number of piperazine rings is 1. The summed E-state index contributed by atoms with van der Waals surface area (Å²) in [6.45, 7) is 9.11.